The highest BCUT2D eigenvalue weighted by atomic mass is 15.3. The standard InChI is InChI=1S/C14H25N5/c1-5-12-13(18-15)16-8-17-14(12)19-7-9(2)6-10(3)11(19)4/h8-11H,5-7,15H2,1-4H3,(H,16,17,18). The molecular weight excluding hydrogens is 238 g/mol. The molecule has 1 fully saturated rings. The second kappa shape index (κ2) is 5.74. The van der Waals surface area contributed by atoms with E-state index in [-0.39, 0.29) is 0 Å². The van der Waals surface area contributed by atoms with Crippen LogP contribution in [0.2, 0.25) is 0 Å². The van der Waals surface area contributed by atoms with Crippen molar-refractivity contribution in [3.63, 3.8) is 0 Å². The van der Waals surface area contributed by atoms with Gasteiger partial charge in [-0.15, -0.1) is 0 Å². The maximum Gasteiger partial charge on any atom is 0.148 e. The third-order valence-corrected chi connectivity index (χ3v) is 4.28. The van der Waals surface area contributed by atoms with Gasteiger partial charge in [0, 0.05) is 18.2 Å². The Kier molecular flexibility index (Phi) is 4.24. The van der Waals surface area contributed by atoms with Crippen LogP contribution in [0.5, 0.6) is 0 Å². The fraction of sp³-hybridized carbons (Fsp3) is 0.714. The molecule has 1 aliphatic heterocycles. The molecule has 5 nitrogen and oxygen atoms in total. The fourth-order valence-corrected chi connectivity index (χ4v) is 3.10. The van der Waals surface area contributed by atoms with E-state index >= 15 is 0 Å². The summed E-state index contributed by atoms with van der Waals surface area (Å²) >= 11 is 0. The number of nitrogens with one attached hydrogen (secondary N) is 1. The summed E-state index contributed by atoms with van der Waals surface area (Å²) in [6.45, 7) is 10.1. The van der Waals surface area contributed by atoms with Crippen molar-refractivity contribution >= 4 is 11.6 Å². The van der Waals surface area contributed by atoms with Gasteiger partial charge >= 0.3 is 0 Å². The minimum atomic E-state index is 0.502. The first kappa shape index (κ1) is 14.1. The molecule has 0 bridgehead atoms. The van der Waals surface area contributed by atoms with E-state index in [1.165, 1.54) is 6.42 Å². The number of piperidine rings is 1. The van der Waals surface area contributed by atoms with Crippen LogP contribution in [0.1, 0.15) is 39.7 Å². The van der Waals surface area contributed by atoms with Crippen LogP contribution in [0.4, 0.5) is 11.6 Å². The first-order chi connectivity index (χ1) is 9.08. The Balaban J connectivity index is 2.39. The number of aromatic nitrogens is 2. The Morgan fingerprint density at radius 1 is 1.37 bits per heavy atom. The molecule has 1 aliphatic rings. The zero-order valence-electron chi connectivity index (χ0n) is 12.3. The van der Waals surface area contributed by atoms with E-state index in [2.05, 4.69) is 48.0 Å². The van der Waals surface area contributed by atoms with Gasteiger partial charge in [0.1, 0.15) is 18.0 Å². The van der Waals surface area contributed by atoms with Crippen molar-refractivity contribution in [3.8, 4) is 0 Å². The van der Waals surface area contributed by atoms with Crippen LogP contribution in [0, 0.1) is 11.8 Å². The summed E-state index contributed by atoms with van der Waals surface area (Å²) in [5, 5.41) is 0. The van der Waals surface area contributed by atoms with E-state index in [9.17, 15) is 0 Å². The summed E-state index contributed by atoms with van der Waals surface area (Å²) in [5.74, 6) is 8.71. The predicted molar refractivity (Wildman–Crippen MR) is 79.0 cm³/mol. The summed E-state index contributed by atoms with van der Waals surface area (Å²) < 4.78 is 0. The van der Waals surface area contributed by atoms with E-state index < -0.39 is 0 Å². The summed E-state index contributed by atoms with van der Waals surface area (Å²) in [6.07, 6.45) is 3.76. The Bertz CT molecular complexity index is 434. The number of rotatable bonds is 3. The van der Waals surface area contributed by atoms with Gasteiger partial charge in [0.15, 0.2) is 0 Å². The minimum Gasteiger partial charge on any atom is -0.353 e. The molecular formula is C14H25N5. The van der Waals surface area contributed by atoms with Gasteiger partial charge in [-0.25, -0.2) is 15.8 Å². The van der Waals surface area contributed by atoms with Crippen molar-refractivity contribution in [1.82, 2.24) is 9.97 Å². The topological polar surface area (TPSA) is 67.1 Å². The molecule has 0 amide bonds. The van der Waals surface area contributed by atoms with Crippen LogP contribution >= 0.6 is 0 Å². The molecule has 106 valence electrons. The van der Waals surface area contributed by atoms with Gasteiger partial charge in [-0.05, 0) is 31.6 Å². The minimum absolute atomic E-state index is 0.502. The molecule has 1 saturated heterocycles. The molecule has 2 rings (SSSR count). The highest BCUT2D eigenvalue weighted by molar-refractivity contribution is 5.59. The number of hydrogen-bond acceptors (Lipinski definition) is 5. The van der Waals surface area contributed by atoms with Gasteiger partial charge in [0.25, 0.3) is 0 Å². The van der Waals surface area contributed by atoms with E-state index in [1.54, 1.807) is 6.33 Å². The van der Waals surface area contributed by atoms with Crippen molar-refractivity contribution in [2.45, 2.75) is 46.6 Å². The number of hydrogen-bond donors (Lipinski definition) is 2. The molecule has 0 radical (unpaired) electrons. The number of anilines is 2. The highest BCUT2D eigenvalue weighted by Crippen LogP contribution is 2.33. The number of hydrazine groups is 1. The first-order valence-corrected chi connectivity index (χ1v) is 7.15. The van der Waals surface area contributed by atoms with Crippen LogP contribution in [-0.2, 0) is 6.42 Å². The third-order valence-electron chi connectivity index (χ3n) is 4.28. The Hall–Kier alpha value is -1.36. The van der Waals surface area contributed by atoms with Crippen molar-refractivity contribution in [2.75, 3.05) is 16.9 Å². The first-order valence-electron chi connectivity index (χ1n) is 7.15. The molecule has 2 heterocycles. The number of nitrogen functional groups attached to an aromatic ring is 1. The Morgan fingerprint density at radius 3 is 2.74 bits per heavy atom. The molecule has 1 aromatic heterocycles. The summed E-state index contributed by atoms with van der Waals surface area (Å²) in [4.78, 5) is 11.1. The lowest BCUT2D eigenvalue weighted by Gasteiger charge is -2.42. The normalized spacial score (nSPS) is 27.4. The van der Waals surface area contributed by atoms with Gasteiger partial charge in [-0.1, -0.05) is 20.8 Å². The number of nitrogens with two attached hydrogens (primary N) is 1. The third kappa shape index (κ3) is 2.66. The Labute approximate surface area is 115 Å². The highest BCUT2D eigenvalue weighted by Gasteiger charge is 2.31. The van der Waals surface area contributed by atoms with E-state index in [0.29, 0.717) is 17.9 Å². The van der Waals surface area contributed by atoms with Crippen LogP contribution in [0.15, 0.2) is 6.33 Å². The van der Waals surface area contributed by atoms with Crippen LogP contribution < -0.4 is 16.2 Å². The van der Waals surface area contributed by atoms with Gasteiger partial charge < -0.3 is 10.3 Å². The smallest absolute Gasteiger partial charge is 0.148 e. The summed E-state index contributed by atoms with van der Waals surface area (Å²) in [5.41, 5.74) is 3.79. The lowest BCUT2D eigenvalue weighted by molar-refractivity contribution is 0.295. The van der Waals surface area contributed by atoms with Crippen molar-refractivity contribution < 1.29 is 0 Å². The van der Waals surface area contributed by atoms with Gasteiger partial charge in [-0.2, -0.15) is 0 Å². The molecule has 0 spiro atoms. The zero-order valence-corrected chi connectivity index (χ0v) is 12.3. The summed E-state index contributed by atoms with van der Waals surface area (Å²) in [7, 11) is 0. The molecule has 19 heavy (non-hydrogen) atoms. The van der Waals surface area contributed by atoms with Crippen LogP contribution in [-0.4, -0.2) is 22.6 Å². The molecule has 0 saturated carbocycles. The molecule has 3 atom stereocenters. The fourth-order valence-electron chi connectivity index (χ4n) is 3.10. The second-order valence-electron chi connectivity index (χ2n) is 5.73. The zero-order chi connectivity index (χ0) is 14.0. The quantitative estimate of drug-likeness (QED) is 0.646. The SMILES string of the molecule is CCc1c(NN)ncnc1N1CC(C)CC(C)C1C. The van der Waals surface area contributed by atoms with Gasteiger partial charge in [-0.3, -0.25) is 0 Å². The maximum absolute atomic E-state index is 5.56. The number of nitrogens with zero attached hydrogens (tertiary/aromatic N) is 3. The molecule has 3 unspecified atom stereocenters. The van der Waals surface area contributed by atoms with E-state index in [0.717, 1.165) is 30.2 Å². The predicted octanol–water partition coefficient (Wildman–Crippen LogP) is 2.20. The lowest BCUT2D eigenvalue weighted by Crippen LogP contribution is -2.46. The largest absolute Gasteiger partial charge is 0.353 e. The van der Waals surface area contributed by atoms with Crippen LogP contribution in [0.3, 0.4) is 0 Å². The molecule has 1 aromatic rings. The second-order valence-corrected chi connectivity index (χ2v) is 5.73. The van der Waals surface area contributed by atoms with Crippen molar-refractivity contribution in [1.29, 1.82) is 0 Å². The van der Waals surface area contributed by atoms with Gasteiger partial charge in [0.05, 0.1) is 0 Å². The van der Waals surface area contributed by atoms with E-state index in [1.807, 2.05) is 0 Å². The van der Waals surface area contributed by atoms with Crippen LogP contribution in [0.25, 0.3) is 0 Å². The van der Waals surface area contributed by atoms with Crippen molar-refractivity contribution in [3.05, 3.63) is 11.9 Å². The average Bonchev–Trinajstić information content (AvgIpc) is 2.41. The molecule has 5 heteroatoms. The molecule has 0 aromatic carbocycles. The maximum atomic E-state index is 5.56. The van der Waals surface area contributed by atoms with E-state index in [4.69, 9.17) is 5.84 Å². The molecule has 3 N–H and O–H groups in total. The monoisotopic (exact) mass is 263 g/mol. The van der Waals surface area contributed by atoms with Gasteiger partial charge in [0.2, 0.25) is 0 Å². The lowest BCUT2D eigenvalue weighted by atomic mass is 9.86. The average molecular weight is 263 g/mol. The molecule has 0 aliphatic carbocycles. The van der Waals surface area contributed by atoms with Crippen molar-refractivity contribution in [2.24, 2.45) is 17.7 Å². The Morgan fingerprint density at radius 2 is 2.11 bits per heavy atom. The summed E-state index contributed by atoms with van der Waals surface area (Å²) in [6, 6.07) is 0.502.